The van der Waals surface area contributed by atoms with Crippen molar-refractivity contribution >= 4 is 7.75 Å². The molecule has 0 bridgehead atoms. The Balaban J connectivity index is 3.21. The molecule has 0 amide bonds. The molecule has 1 aromatic carbocycles. The summed E-state index contributed by atoms with van der Waals surface area (Å²) >= 11 is 0. The Kier molecular flexibility index (Phi) is 7.16. The monoisotopic (exact) mass is 311 g/mol. The van der Waals surface area contributed by atoms with Crippen LogP contribution in [-0.2, 0) is 13.6 Å². The molecule has 118 valence electrons. The van der Waals surface area contributed by atoms with Gasteiger partial charge in [0, 0.05) is 6.20 Å². The van der Waals surface area contributed by atoms with E-state index in [4.69, 9.17) is 9.05 Å². The van der Waals surface area contributed by atoms with Crippen molar-refractivity contribution < 1.29 is 13.6 Å². The summed E-state index contributed by atoms with van der Waals surface area (Å²) < 4.78 is 25.8. The van der Waals surface area contributed by atoms with E-state index in [1.54, 1.807) is 4.67 Å². The van der Waals surface area contributed by atoms with Crippen LogP contribution in [0.4, 0.5) is 0 Å². The Labute approximate surface area is 128 Å². The van der Waals surface area contributed by atoms with Gasteiger partial charge in [-0.05, 0) is 40.2 Å². The van der Waals surface area contributed by atoms with Crippen LogP contribution in [0.1, 0.15) is 46.2 Å². The van der Waals surface area contributed by atoms with Gasteiger partial charge in [0.25, 0.3) is 0 Å². The van der Waals surface area contributed by atoms with Crippen molar-refractivity contribution in [3.8, 4) is 0 Å². The lowest BCUT2D eigenvalue weighted by molar-refractivity contribution is 0.171. The smallest absolute Gasteiger partial charge is 0.292 e. The molecule has 0 aromatic heterocycles. The fourth-order valence-electron chi connectivity index (χ4n) is 2.04. The predicted molar refractivity (Wildman–Crippen MR) is 87.0 cm³/mol. The summed E-state index contributed by atoms with van der Waals surface area (Å²) in [6.07, 6.45) is 1.85. The van der Waals surface area contributed by atoms with Crippen molar-refractivity contribution in [3.63, 3.8) is 0 Å². The van der Waals surface area contributed by atoms with Gasteiger partial charge in [-0.1, -0.05) is 35.9 Å². The molecule has 1 aromatic rings. The second-order valence-electron chi connectivity index (χ2n) is 4.98. The van der Waals surface area contributed by atoms with Gasteiger partial charge in [0.15, 0.2) is 0 Å². The number of benzene rings is 1. The standard InChI is InChI=1S/C16H26NO3P/c1-6-19-21(18,20-7-2)17(13-14(3)4)15(5)16-11-9-8-10-12-16/h8-13,15H,6-7H2,1-5H3. The number of rotatable bonds is 8. The molecule has 0 aliphatic carbocycles. The van der Waals surface area contributed by atoms with Gasteiger partial charge in [0.2, 0.25) is 0 Å². The molecule has 0 fully saturated rings. The maximum absolute atomic E-state index is 13.1. The van der Waals surface area contributed by atoms with Crippen molar-refractivity contribution in [2.45, 2.75) is 40.7 Å². The molecule has 1 atom stereocenters. The van der Waals surface area contributed by atoms with Crippen molar-refractivity contribution in [1.29, 1.82) is 0 Å². The molecule has 4 nitrogen and oxygen atoms in total. The average molecular weight is 311 g/mol. The number of nitrogens with zero attached hydrogens (tertiary/aromatic N) is 1. The molecule has 0 aliphatic rings. The van der Waals surface area contributed by atoms with Crippen LogP contribution in [-0.4, -0.2) is 17.9 Å². The average Bonchev–Trinajstić information content (AvgIpc) is 2.45. The van der Waals surface area contributed by atoms with Crippen LogP contribution in [0, 0.1) is 0 Å². The number of hydrogen-bond donors (Lipinski definition) is 0. The third kappa shape index (κ3) is 4.99. The highest BCUT2D eigenvalue weighted by atomic mass is 31.2. The second kappa shape index (κ2) is 8.38. The van der Waals surface area contributed by atoms with E-state index in [0.717, 1.165) is 11.1 Å². The van der Waals surface area contributed by atoms with E-state index >= 15 is 0 Å². The Bertz CT molecular complexity index is 488. The normalized spacial score (nSPS) is 12.8. The first-order valence-corrected chi connectivity index (χ1v) is 8.82. The van der Waals surface area contributed by atoms with Crippen LogP contribution in [0.25, 0.3) is 0 Å². The van der Waals surface area contributed by atoms with Gasteiger partial charge in [0.05, 0.1) is 19.3 Å². The molecule has 0 saturated carbocycles. The van der Waals surface area contributed by atoms with Crippen LogP contribution in [0.3, 0.4) is 0 Å². The van der Waals surface area contributed by atoms with E-state index in [1.807, 2.05) is 71.2 Å². The molecule has 1 unspecified atom stereocenters. The Hall–Kier alpha value is -1.09. The third-order valence-electron chi connectivity index (χ3n) is 2.94. The van der Waals surface area contributed by atoms with Crippen LogP contribution >= 0.6 is 7.75 Å². The minimum Gasteiger partial charge on any atom is -0.292 e. The summed E-state index contributed by atoms with van der Waals surface area (Å²) in [5.74, 6) is 0. The van der Waals surface area contributed by atoms with Crippen LogP contribution in [0.15, 0.2) is 42.1 Å². The molecular formula is C16H26NO3P. The zero-order valence-corrected chi connectivity index (χ0v) is 14.5. The third-order valence-corrected chi connectivity index (χ3v) is 5.13. The maximum atomic E-state index is 13.1. The van der Waals surface area contributed by atoms with Gasteiger partial charge in [-0.3, -0.25) is 13.7 Å². The van der Waals surface area contributed by atoms with Crippen molar-refractivity contribution in [3.05, 3.63) is 47.7 Å². The summed E-state index contributed by atoms with van der Waals surface area (Å²) in [5.41, 5.74) is 2.10. The molecule has 1 rings (SSSR count). The molecule has 21 heavy (non-hydrogen) atoms. The minimum atomic E-state index is -3.35. The zero-order chi connectivity index (χ0) is 15.9. The summed E-state index contributed by atoms with van der Waals surface area (Å²) in [5, 5.41) is 0. The topological polar surface area (TPSA) is 38.8 Å². The molecule has 0 aliphatic heterocycles. The number of hydrogen-bond acceptors (Lipinski definition) is 3. The molecule has 0 spiro atoms. The van der Waals surface area contributed by atoms with E-state index in [1.165, 1.54) is 0 Å². The van der Waals surface area contributed by atoms with Gasteiger partial charge >= 0.3 is 7.75 Å². The number of allylic oxidation sites excluding steroid dienone is 1. The molecule has 5 heteroatoms. The Morgan fingerprint density at radius 1 is 1.19 bits per heavy atom. The van der Waals surface area contributed by atoms with Gasteiger partial charge in [-0.2, -0.15) is 0 Å². The quantitative estimate of drug-likeness (QED) is 0.622. The van der Waals surface area contributed by atoms with E-state index < -0.39 is 7.75 Å². The van der Waals surface area contributed by atoms with Gasteiger partial charge in [-0.15, -0.1) is 0 Å². The Morgan fingerprint density at radius 3 is 2.14 bits per heavy atom. The highest BCUT2D eigenvalue weighted by molar-refractivity contribution is 7.51. The molecule has 0 saturated heterocycles. The second-order valence-corrected chi connectivity index (χ2v) is 6.89. The summed E-state index contributed by atoms with van der Waals surface area (Å²) in [7, 11) is -3.35. The van der Waals surface area contributed by atoms with Crippen molar-refractivity contribution in [2.75, 3.05) is 13.2 Å². The lowest BCUT2D eigenvalue weighted by Crippen LogP contribution is -2.22. The summed E-state index contributed by atoms with van der Waals surface area (Å²) in [6.45, 7) is 10.2. The van der Waals surface area contributed by atoms with E-state index in [9.17, 15) is 4.57 Å². The van der Waals surface area contributed by atoms with Crippen LogP contribution in [0.5, 0.6) is 0 Å². The van der Waals surface area contributed by atoms with Crippen molar-refractivity contribution in [1.82, 2.24) is 4.67 Å². The van der Waals surface area contributed by atoms with Crippen LogP contribution < -0.4 is 0 Å². The zero-order valence-electron chi connectivity index (χ0n) is 13.6. The predicted octanol–water partition coefficient (Wildman–Crippen LogP) is 5.15. The first-order chi connectivity index (χ1) is 9.94. The highest BCUT2D eigenvalue weighted by Gasteiger charge is 2.35. The SMILES string of the molecule is CCOP(=O)(OCC)N(C=C(C)C)C(C)c1ccccc1. The minimum absolute atomic E-state index is 0.106. The summed E-state index contributed by atoms with van der Waals surface area (Å²) in [4.78, 5) is 0. The van der Waals surface area contributed by atoms with E-state index in [0.29, 0.717) is 13.2 Å². The highest BCUT2D eigenvalue weighted by Crippen LogP contribution is 2.56. The van der Waals surface area contributed by atoms with Crippen LogP contribution in [0.2, 0.25) is 0 Å². The Morgan fingerprint density at radius 2 is 1.71 bits per heavy atom. The maximum Gasteiger partial charge on any atom is 0.435 e. The molecular weight excluding hydrogens is 285 g/mol. The summed E-state index contributed by atoms with van der Waals surface area (Å²) in [6, 6.07) is 9.83. The fourth-order valence-corrected chi connectivity index (χ4v) is 3.96. The van der Waals surface area contributed by atoms with Gasteiger partial charge in [-0.25, -0.2) is 4.57 Å². The van der Waals surface area contributed by atoms with Gasteiger partial charge in [0.1, 0.15) is 0 Å². The van der Waals surface area contributed by atoms with Crippen molar-refractivity contribution in [2.24, 2.45) is 0 Å². The first-order valence-electron chi connectivity index (χ1n) is 7.32. The van der Waals surface area contributed by atoms with E-state index in [-0.39, 0.29) is 6.04 Å². The van der Waals surface area contributed by atoms with E-state index in [2.05, 4.69) is 0 Å². The first kappa shape index (κ1) is 18.0. The fraction of sp³-hybridized carbons (Fsp3) is 0.500. The lowest BCUT2D eigenvalue weighted by Gasteiger charge is -2.34. The molecule has 0 radical (unpaired) electrons. The lowest BCUT2D eigenvalue weighted by atomic mass is 10.1. The largest absolute Gasteiger partial charge is 0.435 e. The molecule has 0 heterocycles. The molecule has 0 N–H and O–H groups in total. The van der Waals surface area contributed by atoms with Gasteiger partial charge < -0.3 is 0 Å².